The predicted molar refractivity (Wildman–Crippen MR) is 101 cm³/mol. The van der Waals surface area contributed by atoms with Gasteiger partial charge in [-0.2, -0.15) is 0 Å². The van der Waals surface area contributed by atoms with Crippen LogP contribution < -0.4 is 15.7 Å². The molecule has 0 saturated heterocycles. The molecule has 2 aromatic rings. The third-order valence-corrected chi connectivity index (χ3v) is 5.47. The number of hydrogen-bond acceptors (Lipinski definition) is 4. The van der Waals surface area contributed by atoms with Crippen molar-refractivity contribution in [3.63, 3.8) is 0 Å². The van der Waals surface area contributed by atoms with Crippen LogP contribution in [0.25, 0.3) is 11.0 Å². The van der Waals surface area contributed by atoms with Crippen LogP contribution in [0.15, 0.2) is 33.5 Å². The molecule has 1 saturated carbocycles. The van der Waals surface area contributed by atoms with E-state index in [4.69, 9.17) is 9.15 Å². The molecule has 1 aromatic carbocycles. The van der Waals surface area contributed by atoms with Crippen molar-refractivity contribution < 1.29 is 9.15 Å². The fourth-order valence-corrected chi connectivity index (χ4v) is 4.14. The summed E-state index contributed by atoms with van der Waals surface area (Å²) in [5.74, 6) is 1.36. The highest BCUT2D eigenvalue weighted by molar-refractivity contribution is 5.81. The van der Waals surface area contributed by atoms with Gasteiger partial charge in [-0.05, 0) is 41.9 Å². The number of ether oxygens (including phenoxy) is 1. The SMILES string of the molecule is COc1ccc2c(CNC3CCCCC3C(C)(C)C)cc(=O)oc2c1. The number of rotatable bonds is 4. The van der Waals surface area contributed by atoms with Crippen LogP contribution in [0.2, 0.25) is 0 Å². The van der Waals surface area contributed by atoms with Gasteiger partial charge in [-0.1, -0.05) is 33.6 Å². The number of benzene rings is 1. The Balaban J connectivity index is 1.84. The third-order valence-electron chi connectivity index (χ3n) is 5.47. The first-order valence-electron chi connectivity index (χ1n) is 9.22. The fourth-order valence-electron chi connectivity index (χ4n) is 4.14. The fraction of sp³-hybridized carbons (Fsp3) is 0.571. The lowest BCUT2D eigenvalue weighted by Crippen LogP contribution is -2.44. The molecule has 25 heavy (non-hydrogen) atoms. The monoisotopic (exact) mass is 343 g/mol. The van der Waals surface area contributed by atoms with E-state index in [0.717, 1.165) is 10.9 Å². The zero-order valence-electron chi connectivity index (χ0n) is 15.7. The van der Waals surface area contributed by atoms with Crippen LogP contribution in [0, 0.1) is 11.3 Å². The Morgan fingerprint density at radius 1 is 1.20 bits per heavy atom. The molecule has 1 N–H and O–H groups in total. The molecule has 0 bridgehead atoms. The summed E-state index contributed by atoms with van der Waals surface area (Å²) in [6.07, 6.45) is 5.07. The van der Waals surface area contributed by atoms with Crippen molar-refractivity contribution in [3.8, 4) is 5.75 Å². The summed E-state index contributed by atoms with van der Waals surface area (Å²) in [6.45, 7) is 7.68. The van der Waals surface area contributed by atoms with Crippen molar-refractivity contribution in [3.05, 3.63) is 40.2 Å². The van der Waals surface area contributed by atoms with Crippen LogP contribution in [0.4, 0.5) is 0 Å². The van der Waals surface area contributed by atoms with Gasteiger partial charge >= 0.3 is 5.63 Å². The molecule has 0 amide bonds. The van der Waals surface area contributed by atoms with E-state index in [-0.39, 0.29) is 5.63 Å². The lowest BCUT2D eigenvalue weighted by atomic mass is 9.69. The summed E-state index contributed by atoms with van der Waals surface area (Å²) in [4.78, 5) is 11.9. The molecule has 1 aliphatic rings. The van der Waals surface area contributed by atoms with Gasteiger partial charge in [0, 0.05) is 30.1 Å². The van der Waals surface area contributed by atoms with E-state index in [1.54, 1.807) is 19.2 Å². The standard InChI is InChI=1S/C21H29NO3/c1-21(2,3)17-7-5-6-8-18(17)22-13-14-11-20(23)25-19-12-15(24-4)9-10-16(14)19/h9-12,17-18,22H,5-8,13H2,1-4H3. The van der Waals surface area contributed by atoms with Crippen LogP contribution in [-0.2, 0) is 6.54 Å². The van der Waals surface area contributed by atoms with E-state index in [1.165, 1.54) is 25.7 Å². The van der Waals surface area contributed by atoms with Crippen LogP contribution in [0.5, 0.6) is 5.75 Å². The molecule has 0 spiro atoms. The first-order valence-corrected chi connectivity index (χ1v) is 9.22. The van der Waals surface area contributed by atoms with Crippen molar-refractivity contribution >= 4 is 11.0 Å². The molecule has 2 unspecified atom stereocenters. The predicted octanol–water partition coefficient (Wildman–Crippen LogP) is 4.50. The quantitative estimate of drug-likeness (QED) is 0.831. The van der Waals surface area contributed by atoms with Gasteiger partial charge in [0.15, 0.2) is 0 Å². The van der Waals surface area contributed by atoms with Crippen LogP contribution in [0.1, 0.15) is 52.0 Å². The number of nitrogens with one attached hydrogen (secondary N) is 1. The Morgan fingerprint density at radius 3 is 2.68 bits per heavy atom. The Bertz CT molecular complexity index is 788. The maximum Gasteiger partial charge on any atom is 0.336 e. The molecule has 0 radical (unpaired) electrons. The van der Waals surface area contributed by atoms with Gasteiger partial charge in [0.1, 0.15) is 11.3 Å². The van der Waals surface area contributed by atoms with E-state index in [1.807, 2.05) is 12.1 Å². The van der Waals surface area contributed by atoms with Gasteiger partial charge in [0.25, 0.3) is 0 Å². The molecule has 1 heterocycles. The first kappa shape index (κ1) is 18.0. The van der Waals surface area contributed by atoms with Crippen molar-refractivity contribution in [2.75, 3.05) is 7.11 Å². The molecule has 1 fully saturated rings. The summed E-state index contributed by atoms with van der Waals surface area (Å²) in [5.41, 5.74) is 1.56. The Morgan fingerprint density at radius 2 is 1.96 bits per heavy atom. The average molecular weight is 343 g/mol. The van der Waals surface area contributed by atoms with Gasteiger partial charge in [-0.3, -0.25) is 0 Å². The normalized spacial score (nSPS) is 21.4. The Kier molecular flexibility index (Phi) is 5.19. The highest BCUT2D eigenvalue weighted by Gasteiger charge is 2.33. The smallest absolute Gasteiger partial charge is 0.336 e. The highest BCUT2D eigenvalue weighted by Crippen LogP contribution is 2.38. The number of fused-ring (bicyclic) bond motifs is 1. The minimum absolute atomic E-state index is 0.295. The molecular formula is C21H29NO3. The summed E-state index contributed by atoms with van der Waals surface area (Å²) in [7, 11) is 1.61. The van der Waals surface area contributed by atoms with Crippen LogP contribution >= 0.6 is 0 Å². The van der Waals surface area contributed by atoms with Crippen LogP contribution in [0.3, 0.4) is 0 Å². The van der Waals surface area contributed by atoms with E-state index in [0.29, 0.717) is 35.3 Å². The molecule has 1 aromatic heterocycles. The number of hydrogen-bond donors (Lipinski definition) is 1. The summed E-state index contributed by atoms with van der Waals surface area (Å²) in [5, 5.41) is 4.70. The molecule has 3 rings (SSSR count). The van der Waals surface area contributed by atoms with E-state index in [2.05, 4.69) is 26.1 Å². The summed E-state index contributed by atoms with van der Waals surface area (Å²) in [6, 6.07) is 7.75. The highest BCUT2D eigenvalue weighted by atomic mass is 16.5. The lowest BCUT2D eigenvalue weighted by molar-refractivity contribution is 0.130. The summed E-state index contributed by atoms with van der Waals surface area (Å²) < 4.78 is 10.6. The molecule has 4 nitrogen and oxygen atoms in total. The number of methoxy groups -OCH3 is 1. The average Bonchev–Trinajstić information content (AvgIpc) is 2.58. The van der Waals surface area contributed by atoms with Gasteiger partial charge < -0.3 is 14.5 Å². The minimum atomic E-state index is -0.312. The van der Waals surface area contributed by atoms with Gasteiger partial charge in [-0.15, -0.1) is 0 Å². The Hall–Kier alpha value is -1.81. The maximum absolute atomic E-state index is 11.9. The molecule has 136 valence electrons. The van der Waals surface area contributed by atoms with Gasteiger partial charge in [-0.25, -0.2) is 4.79 Å². The maximum atomic E-state index is 11.9. The minimum Gasteiger partial charge on any atom is -0.497 e. The Labute approximate surface area is 149 Å². The molecule has 2 atom stereocenters. The molecule has 4 heteroatoms. The molecule has 0 aliphatic heterocycles. The summed E-state index contributed by atoms with van der Waals surface area (Å²) >= 11 is 0. The zero-order valence-corrected chi connectivity index (χ0v) is 15.7. The van der Waals surface area contributed by atoms with Crippen molar-refractivity contribution in [2.45, 2.75) is 59.0 Å². The topological polar surface area (TPSA) is 51.5 Å². The van der Waals surface area contributed by atoms with E-state index < -0.39 is 0 Å². The van der Waals surface area contributed by atoms with Crippen molar-refractivity contribution in [1.82, 2.24) is 5.32 Å². The first-order chi connectivity index (χ1) is 11.9. The van der Waals surface area contributed by atoms with Gasteiger partial charge in [0.05, 0.1) is 7.11 Å². The zero-order chi connectivity index (χ0) is 18.0. The van der Waals surface area contributed by atoms with Crippen LogP contribution in [-0.4, -0.2) is 13.2 Å². The largest absolute Gasteiger partial charge is 0.497 e. The van der Waals surface area contributed by atoms with Crippen molar-refractivity contribution in [1.29, 1.82) is 0 Å². The second kappa shape index (κ2) is 7.20. The van der Waals surface area contributed by atoms with Crippen molar-refractivity contribution in [2.24, 2.45) is 11.3 Å². The van der Waals surface area contributed by atoms with E-state index >= 15 is 0 Å². The molecule has 1 aliphatic carbocycles. The second-order valence-electron chi connectivity index (χ2n) is 8.20. The van der Waals surface area contributed by atoms with E-state index in [9.17, 15) is 4.79 Å². The molecular weight excluding hydrogens is 314 g/mol. The third kappa shape index (κ3) is 4.06. The lowest BCUT2D eigenvalue weighted by Gasteiger charge is -2.41. The second-order valence-corrected chi connectivity index (χ2v) is 8.20. The van der Waals surface area contributed by atoms with Gasteiger partial charge in [0.2, 0.25) is 0 Å².